The Kier molecular flexibility index (Phi) is 4.31. The quantitative estimate of drug-likeness (QED) is 0.825. The number of nitrogens with zero attached hydrogens (tertiary/aromatic N) is 1. The highest BCUT2D eigenvalue weighted by Crippen LogP contribution is 2.19. The van der Waals surface area contributed by atoms with Gasteiger partial charge in [-0.25, -0.2) is 4.39 Å². The molecule has 0 radical (unpaired) electrons. The van der Waals surface area contributed by atoms with Crippen molar-refractivity contribution in [3.05, 3.63) is 35.6 Å². The molecular weight excluding hydrogens is 233 g/mol. The minimum Gasteiger partial charge on any atom is -0.384 e. The lowest BCUT2D eigenvalue weighted by atomic mass is 9.98. The van der Waals surface area contributed by atoms with Gasteiger partial charge < -0.3 is 9.64 Å². The molecule has 0 N–H and O–H groups in total. The van der Waals surface area contributed by atoms with E-state index in [1.807, 2.05) is 0 Å². The fourth-order valence-corrected chi connectivity index (χ4v) is 2.43. The molecule has 1 atom stereocenters. The molecule has 0 aromatic heterocycles. The predicted molar refractivity (Wildman–Crippen MR) is 66.9 cm³/mol. The highest BCUT2D eigenvalue weighted by Gasteiger charge is 2.25. The molecule has 1 aromatic carbocycles. The van der Waals surface area contributed by atoms with Gasteiger partial charge in [0.1, 0.15) is 5.82 Å². The number of halogens is 1. The Morgan fingerprint density at radius 3 is 3.00 bits per heavy atom. The SMILES string of the molecule is COCC1CCCN(C(=O)c2ccccc2F)C1. The summed E-state index contributed by atoms with van der Waals surface area (Å²) in [4.78, 5) is 13.9. The second-order valence-corrected chi connectivity index (χ2v) is 4.69. The molecular formula is C14H18FNO2. The molecule has 1 heterocycles. The second-order valence-electron chi connectivity index (χ2n) is 4.69. The highest BCUT2D eigenvalue weighted by atomic mass is 19.1. The molecule has 0 spiro atoms. The van der Waals surface area contributed by atoms with E-state index in [1.165, 1.54) is 12.1 Å². The van der Waals surface area contributed by atoms with Crippen molar-refractivity contribution in [2.75, 3.05) is 26.8 Å². The second kappa shape index (κ2) is 5.96. The van der Waals surface area contributed by atoms with Crippen molar-refractivity contribution < 1.29 is 13.9 Å². The summed E-state index contributed by atoms with van der Waals surface area (Å²) in [5.41, 5.74) is 0.163. The zero-order chi connectivity index (χ0) is 13.0. The fraction of sp³-hybridized carbons (Fsp3) is 0.500. The van der Waals surface area contributed by atoms with Crippen molar-refractivity contribution in [1.82, 2.24) is 4.90 Å². The monoisotopic (exact) mass is 251 g/mol. The van der Waals surface area contributed by atoms with E-state index in [0.717, 1.165) is 12.8 Å². The van der Waals surface area contributed by atoms with Crippen molar-refractivity contribution in [2.45, 2.75) is 12.8 Å². The molecule has 0 saturated carbocycles. The minimum atomic E-state index is -0.448. The Morgan fingerprint density at radius 2 is 2.28 bits per heavy atom. The lowest BCUT2D eigenvalue weighted by Crippen LogP contribution is -2.41. The summed E-state index contributed by atoms with van der Waals surface area (Å²) in [6.45, 7) is 2.01. The third-order valence-corrected chi connectivity index (χ3v) is 3.31. The van der Waals surface area contributed by atoms with Crippen molar-refractivity contribution in [3.8, 4) is 0 Å². The van der Waals surface area contributed by atoms with Gasteiger partial charge >= 0.3 is 0 Å². The molecule has 1 aliphatic rings. The first-order valence-corrected chi connectivity index (χ1v) is 6.25. The van der Waals surface area contributed by atoms with E-state index >= 15 is 0 Å². The van der Waals surface area contributed by atoms with Gasteiger partial charge in [-0.1, -0.05) is 12.1 Å². The first-order chi connectivity index (χ1) is 8.72. The number of benzene rings is 1. The van der Waals surface area contributed by atoms with Crippen molar-refractivity contribution in [3.63, 3.8) is 0 Å². The lowest BCUT2D eigenvalue weighted by molar-refractivity contribution is 0.0567. The summed E-state index contributed by atoms with van der Waals surface area (Å²) in [6, 6.07) is 6.14. The molecule has 1 amide bonds. The molecule has 98 valence electrons. The van der Waals surface area contributed by atoms with Gasteiger partial charge in [0.15, 0.2) is 0 Å². The van der Waals surface area contributed by atoms with Gasteiger partial charge in [-0.2, -0.15) is 0 Å². The first-order valence-electron chi connectivity index (χ1n) is 6.25. The van der Waals surface area contributed by atoms with Crippen LogP contribution in [0, 0.1) is 11.7 Å². The van der Waals surface area contributed by atoms with Gasteiger partial charge in [0.25, 0.3) is 5.91 Å². The van der Waals surface area contributed by atoms with Crippen LogP contribution in [0.4, 0.5) is 4.39 Å². The normalized spacial score (nSPS) is 19.9. The van der Waals surface area contributed by atoms with Gasteiger partial charge in [0.2, 0.25) is 0 Å². The smallest absolute Gasteiger partial charge is 0.256 e. The number of amides is 1. The number of carbonyl (C=O) groups is 1. The van der Waals surface area contributed by atoms with Crippen LogP contribution in [0.1, 0.15) is 23.2 Å². The summed E-state index contributed by atoms with van der Waals surface area (Å²) < 4.78 is 18.7. The van der Waals surface area contributed by atoms with E-state index in [-0.39, 0.29) is 11.5 Å². The van der Waals surface area contributed by atoms with E-state index in [0.29, 0.717) is 25.6 Å². The maximum absolute atomic E-state index is 13.6. The Hall–Kier alpha value is -1.42. The molecule has 1 aliphatic heterocycles. The lowest BCUT2D eigenvalue weighted by Gasteiger charge is -2.32. The largest absolute Gasteiger partial charge is 0.384 e. The number of likely N-dealkylation sites (tertiary alicyclic amines) is 1. The summed E-state index contributed by atoms with van der Waals surface area (Å²) >= 11 is 0. The number of methoxy groups -OCH3 is 1. The van der Waals surface area contributed by atoms with Crippen molar-refractivity contribution >= 4 is 5.91 Å². The van der Waals surface area contributed by atoms with Gasteiger partial charge in [-0.3, -0.25) is 4.79 Å². The molecule has 0 bridgehead atoms. The number of piperidine rings is 1. The summed E-state index contributed by atoms with van der Waals surface area (Å²) in [5, 5.41) is 0. The maximum Gasteiger partial charge on any atom is 0.256 e. The molecule has 3 nitrogen and oxygen atoms in total. The third-order valence-electron chi connectivity index (χ3n) is 3.31. The number of hydrogen-bond donors (Lipinski definition) is 0. The van der Waals surface area contributed by atoms with Gasteiger partial charge in [0.05, 0.1) is 12.2 Å². The number of ether oxygens (including phenoxy) is 1. The van der Waals surface area contributed by atoms with Crippen LogP contribution in [0.5, 0.6) is 0 Å². The Bertz CT molecular complexity index is 420. The molecule has 2 rings (SSSR count). The van der Waals surface area contributed by atoms with Gasteiger partial charge in [-0.05, 0) is 30.9 Å². The topological polar surface area (TPSA) is 29.5 Å². The number of carbonyl (C=O) groups excluding carboxylic acids is 1. The Balaban J connectivity index is 2.07. The predicted octanol–water partition coefficient (Wildman–Crippen LogP) is 2.32. The summed E-state index contributed by atoms with van der Waals surface area (Å²) in [7, 11) is 1.66. The Labute approximate surface area is 107 Å². The zero-order valence-electron chi connectivity index (χ0n) is 10.6. The number of rotatable bonds is 3. The van der Waals surface area contributed by atoms with Crippen LogP contribution in [0.15, 0.2) is 24.3 Å². The summed E-state index contributed by atoms with van der Waals surface area (Å²) in [5.74, 6) is -0.301. The van der Waals surface area contributed by atoms with Crippen LogP contribution in [0.3, 0.4) is 0 Å². The highest BCUT2D eigenvalue weighted by molar-refractivity contribution is 5.94. The van der Waals surface area contributed by atoms with Gasteiger partial charge in [-0.15, -0.1) is 0 Å². The van der Waals surface area contributed by atoms with Crippen LogP contribution < -0.4 is 0 Å². The van der Waals surface area contributed by atoms with E-state index in [2.05, 4.69) is 0 Å². The average molecular weight is 251 g/mol. The van der Waals surface area contributed by atoms with Crippen LogP contribution >= 0.6 is 0 Å². The van der Waals surface area contributed by atoms with Crippen molar-refractivity contribution in [2.24, 2.45) is 5.92 Å². The van der Waals surface area contributed by atoms with E-state index in [4.69, 9.17) is 4.74 Å². The average Bonchev–Trinajstić information content (AvgIpc) is 2.39. The Morgan fingerprint density at radius 1 is 1.50 bits per heavy atom. The van der Waals surface area contributed by atoms with Crippen molar-refractivity contribution in [1.29, 1.82) is 0 Å². The van der Waals surface area contributed by atoms with E-state index in [1.54, 1.807) is 24.1 Å². The van der Waals surface area contributed by atoms with E-state index < -0.39 is 5.82 Å². The van der Waals surface area contributed by atoms with Crippen LogP contribution in [0.25, 0.3) is 0 Å². The molecule has 1 aromatic rings. The van der Waals surface area contributed by atoms with E-state index in [9.17, 15) is 9.18 Å². The van der Waals surface area contributed by atoms with Crippen LogP contribution in [-0.2, 0) is 4.74 Å². The minimum absolute atomic E-state index is 0.163. The molecule has 18 heavy (non-hydrogen) atoms. The van der Waals surface area contributed by atoms with Crippen LogP contribution in [0.2, 0.25) is 0 Å². The molecule has 4 heteroatoms. The first kappa shape index (κ1) is 13.0. The van der Waals surface area contributed by atoms with Crippen LogP contribution in [-0.4, -0.2) is 37.6 Å². The molecule has 1 saturated heterocycles. The third kappa shape index (κ3) is 2.88. The maximum atomic E-state index is 13.6. The fourth-order valence-electron chi connectivity index (χ4n) is 2.43. The number of hydrogen-bond acceptors (Lipinski definition) is 2. The van der Waals surface area contributed by atoms with Gasteiger partial charge in [0, 0.05) is 20.2 Å². The molecule has 1 unspecified atom stereocenters. The zero-order valence-corrected chi connectivity index (χ0v) is 10.6. The molecule has 1 fully saturated rings. The standard InChI is InChI=1S/C14H18FNO2/c1-18-10-11-5-4-8-16(9-11)14(17)12-6-2-3-7-13(12)15/h2-3,6-7,11H,4-5,8-10H2,1H3. The molecule has 0 aliphatic carbocycles. The summed E-state index contributed by atoms with van der Waals surface area (Å²) in [6.07, 6.45) is 2.02.